The number of hydrogen-bond donors (Lipinski definition) is 1. The van der Waals surface area contributed by atoms with Crippen LogP contribution in [0.2, 0.25) is 0 Å². The van der Waals surface area contributed by atoms with Gasteiger partial charge < -0.3 is 5.32 Å². The van der Waals surface area contributed by atoms with Crippen molar-refractivity contribution in [2.45, 2.75) is 71.5 Å². The van der Waals surface area contributed by atoms with Crippen LogP contribution in [0.3, 0.4) is 0 Å². The smallest absolute Gasteiger partial charge is 0.237 e. The van der Waals surface area contributed by atoms with Crippen LogP contribution in [0.25, 0.3) is 0 Å². The van der Waals surface area contributed by atoms with Gasteiger partial charge in [-0.25, -0.2) is 0 Å². The average molecular weight is 226 g/mol. The van der Waals surface area contributed by atoms with Crippen LogP contribution in [0.4, 0.5) is 0 Å². The van der Waals surface area contributed by atoms with E-state index in [4.69, 9.17) is 0 Å². The lowest BCUT2D eigenvalue weighted by molar-refractivity contribution is -0.128. The van der Waals surface area contributed by atoms with Crippen molar-refractivity contribution in [1.29, 1.82) is 0 Å². The van der Waals surface area contributed by atoms with Crippen molar-refractivity contribution in [1.82, 2.24) is 10.2 Å². The van der Waals surface area contributed by atoms with Gasteiger partial charge in [0.1, 0.15) is 0 Å². The first kappa shape index (κ1) is 13.5. The molecule has 0 saturated carbocycles. The SMILES string of the molecule is CC(C)(C)NC(=O)[C@H]1CCCN1C(C)(C)C. The van der Waals surface area contributed by atoms with Gasteiger partial charge in [0.05, 0.1) is 6.04 Å². The van der Waals surface area contributed by atoms with Crippen molar-refractivity contribution in [3.05, 3.63) is 0 Å². The van der Waals surface area contributed by atoms with Gasteiger partial charge in [0.25, 0.3) is 0 Å². The van der Waals surface area contributed by atoms with E-state index in [1.807, 2.05) is 20.8 Å². The first-order chi connectivity index (χ1) is 7.11. The molecule has 94 valence electrons. The molecule has 1 saturated heterocycles. The second-order valence-electron chi connectivity index (χ2n) is 6.76. The van der Waals surface area contributed by atoms with Gasteiger partial charge in [-0.3, -0.25) is 9.69 Å². The Morgan fingerprint density at radius 2 is 1.75 bits per heavy atom. The summed E-state index contributed by atoms with van der Waals surface area (Å²) in [5.41, 5.74) is -0.0559. The second kappa shape index (κ2) is 4.36. The zero-order valence-electron chi connectivity index (χ0n) is 11.6. The van der Waals surface area contributed by atoms with Crippen molar-refractivity contribution in [2.75, 3.05) is 6.54 Å². The van der Waals surface area contributed by atoms with E-state index in [0.717, 1.165) is 19.4 Å². The minimum atomic E-state index is -0.136. The normalized spacial score (nSPS) is 23.5. The van der Waals surface area contributed by atoms with Crippen LogP contribution >= 0.6 is 0 Å². The van der Waals surface area contributed by atoms with Crippen LogP contribution in [0, 0.1) is 0 Å². The Morgan fingerprint density at radius 1 is 1.19 bits per heavy atom. The lowest BCUT2D eigenvalue weighted by Crippen LogP contribution is -2.54. The maximum absolute atomic E-state index is 12.2. The number of amides is 1. The Bertz CT molecular complexity index is 260. The van der Waals surface area contributed by atoms with Crippen LogP contribution in [0.1, 0.15) is 54.4 Å². The minimum Gasteiger partial charge on any atom is -0.350 e. The molecule has 0 aromatic carbocycles. The highest BCUT2D eigenvalue weighted by atomic mass is 16.2. The van der Waals surface area contributed by atoms with Gasteiger partial charge in [-0.1, -0.05) is 0 Å². The number of rotatable bonds is 1. The number of carbonyl (C=O) groups is 1. The van der Waals surface area contributed by atoms with Gasteiger partial charge in [0, 0.05) is 11.1 Å². The highest BCUT2D eigenvalue weighted by molar-refractivity contribution is 5.82. The van der Waals surface area contributed by atoms with Crippen LogP contribution in [0.15, 0.2) is 0 Å². The number of carbonyl (C=O) groups excluding carboxylic acids is 1. The summed E-state index contributed by atoms with van der Waals surface area (Å²) >= 11 is 0. The van der Waals surface area contributed by atoms with Crippen LogP contribution in [-0.2, 0) is 4.79 Å². The molecule has 0 bridgehead atoms. The fraction of sp³-hybridized carbons (Fsp3) is 0.923. The quantitative estimate of drug-likeness (QED) is 0.743. The Kier molecular flexibility index (Phi) is 3.68. The predicted octanol–water partition coefficient (Wildman–Crippen LogP) is 2.16. The second-order valence-corrected chi connectivity index (χ2v) is 6.76. The van der Waals surface area contributed by atoms with Crippen LogP contribution < -0.4 is 5.32 Å². The van der Waals surface area contributed by atoms with Crippen molar-refractivity contribution >= 4 is 5.91 Å². The van der Waals surface area contributed by atoms with E-state index in [0.29, 0.717) is 0 Å². The van der Waals surface area contributed by atoms with Gasteiger partial charge in [-0.05, 0) is 60.9 Å². The molecule has 1 atom stereocenters. The molecule has 1 N–H and O–H groups in total. The molecule has 0 radical (unpaired) electrons. The van der Waals surface area contributed by atoms with Crippen LogP contribution in [0.5, 0.6) is 0 Å². The fourth-order valence-corrected chi connectivity index (χ4v) is 2.30. The summed E-state index contributed by atoms with van der Waals surface area (Å²) in [6.07, 6.45) is 2.11. The van der Waals surface area contributed by atoms with E-state index in [-0.39, 0.29) is 23.0 Å². The molecular formula is C13H26N2O. The summed E-state index contributed by atoms with van der Waals surface area (Å²) in [6.45, 7) is 13.6. The highest BCUT2D eigenvalue weighted by Gasteiger charge is 2.37. The molecule has 16 heavy (non-hydrogen) atoms. The zero-order chi connectivity index (χ0) is 12.6. The van der Waals surface area contributed by atoms with Gasteiger partial charge in [0.15, 0.2) is 0 Å². The third kappa shape index (κ3) is 3.48. The molecule has 0 aliphatic carbocycles. The Labute approximate surface area is 99.6 Å². The zero-order valence-corrected chi connectivity index (χ0v) is 11.6. The summed E-state index contributed by atoms with van der Waals surface area (Å²) in [5.74, 6) is 0.180. The molecule has 0 spiro atoms. The van der Waals surface area contributed by atoms with Crippen LogP contribution in [-0.4, -0.2) is 34.5 Å². The predicted molar refractivity (Wildman–Crippen MR) is 67.4 cm³/mol. The molecule has 1 rings (SSSR count). The summed E-state index contributed by atoms with van der Waals surface area (Å²) in [5, 5.41) is 3.08. The van der Waals surface area contributed by atoms with Crippen molar-refractivity contribution in [2.24, 2.45) is 0 Å². The van der Waals surface area contributed by atoms with Crippen molar-refractivity contribution in [3.63, 3.8) is 0 Å². The van der Waals surface area contributed by atoms with Gasteiger partial charge in [-0.2, -0.15) is 0 Å². The average Bonchev–Trinajstić information content (AvgIpc) is 2.45. The summed E-state index contributed by atoms with van der Waals surface area (Å²) in [6, 6.07) is 0.0548. The van der Waals surface area contributed by atoms with Gasteiger partial charge >= 0.3 is 0 Å². The summed E-state index contributed by atoms with van der Waals surface area (Å²) in [4.78, 5) is 14.5. The maximum Gasteiger partial charge on any atom is 0.237 e. The molecule has 1 amide bonds. The topological polar surface area (TPSA) is 32.3 Å². The van der Waals surface area contributed by atoms with Gasteiger partial charge in [0.2, 0.25) is 5.91 Å². The summed E-state index contributed by atoms with van der Waals surface area (Å²) in [7, 11) is 0. The molecule has 3 nitrogen and oxygen atoms in total. The molecule has 3 heteroatoms. The van der Waals surface area contributed by atoms with Gasteiger partial charge in [-0.15, -0.1) is 0 Å². The summed E-state index contributed by atoms with van der Waals surface area (Å²) < 4.78 is 0. The molecule has 1 aliphatic rings. The molecule has 0 aromatic rings. The van der Waals surface area contributed by atoms with E-state index < -0.39 is 0 Å². The van der Waals surface area contributed by atoms with E-state index in [9.17, 15) is 4.79 Å². The number of likely N-dealkylation sites (tertiary alicyclic amines) is 1. The molecule has 0 aromatic heterocycles. The van der Waals surface area contributed by atoms with E-state index in [1.165, 1.54) is 0 Å². The third-order valence-electron chi connectivity index (χ3n) is 2.92. The Morgan fingerprint density at radius 3 is 2.19 bits per heavy atom. The number of nitrogens with one attached hydrogen (secondary N) is 1. The monoisotopic (exact) mass is 226 g/mol. The highest BCUT2D eigenvalue weighted by Crippen LogP contribution is 2.26. The lowest BCUT2D eigenvalue weighted by Gasteiger charge is -2.37. The van der Waals surface area contributed by atoms with E-state index >= 15 is 0 Å². The molecule has 1 aliphatic heterocycles. The Balaban J connectivity index is 2.69. The van der Waals surface area contributed by atoms with Crippen molar-refractivity contribution < 1.29 is 4.79 Å². The third-order valence-corrected chi connectivity index (χ3v) is 2.92. The largest absolute Gasteiger partial charge is 0.350 e. The minimum absolute atomic E-state index is 0.0548. The van der Waals surface area contributed by atoms with E-state index in [1.54, 1.807) is 0 Å². The Hall–Kier alpha value is -0.570. The number of hydrogen-bond acceptors (Lipinski definition) is 2. The van der Waals surface area contributed by atoms with Crippen molar-refractivity contribution in [3.8, 4) is 0 Å². The fourth-order valence-electron chi connectivity index (χ4n) is 2.30. The maximum atomic E-state index is 12.2. The van der Waals surface area contributed by atoms with E-state index in [2.05, 4.69) is 31.0 Å². The molecule has 0 unspecified atom stereocenters. The lowest BCUT2D eigenvalue weighted by atomic mass is 10.0. The molecular weight excluding hydrogens is 200 g/mol. The molecule has 1 heterocycles. The first-order valence-electron chi connectivity index (χ1n) is 6.20. The standard InChI is InChI=1S/C13H26N2O/c1-12(2,3)14-11(16)10-8-7-9-15(10)13(4,5)6/h10H,7-9H2,1-6H3,(H,14,16)/t10-/m1/s1. The first-order valence-corrected chi connectivity index (χ1v) is 6.20. The molecule has 1 fully saturated rings. The number of nitrogens with zero attached hydrogens (tertiary/aromatic N) is 1.